The highest BCUT2D eigenvalue weighted by Gasteiger charge is 2.36. The molecule has 1 aromatic rings. The Morgan fingerprint density at radius 2 is 1.79 bits per heavy atom. The number of benzene rings is 1. The Balaban J connectivity index is 2.61. The molecule has 2 atom stereocenters. The molecule has 0 aromatic heterocycles. The number of carboxylic acid groups (broad SMARTS) is 1. The highest BCUT2D eigenvalue weighted by Crippen LogP contribution is 2.23. The lowest BCUT2D eigenvalue weighted by Gasteiger charge is -2.16. The van der Waals surface area contributed by atoms with Crippen LogP contribution in [0.15, 0.2) is 24.3 Å². The summed E-state index contributed by atoms with van der Waals surface area (Å²) >= 11 is 0. The SMILES string of the molecule is CC(C(=O)O)c1ccc(COC(C)C(F)(F)F)cc1. The lowest BCUT2D eigenvalue weighted by Crippen LogP contribution is -2.28. The van der Waals surface area contributed by atoms with Gasteiger partial charge in [-0.25, -0.2) is 0 Å². The van der Waals surface area contributed by atoms with Crippen molar-refractivity contribution in [3.05, 3.63) is 35.4 Å². The van der Waals surface area contributed by atoms with Crippen molar-refractivity contribution in [1.82, 2.24) is 0 Å². The first-order valence-electron chi connectivity index (χ1n) is 5.71. The average molecular weight is 276 g/mol. The summed E-state index contributed by atoms with van der Waals surface area (Å²) in [7, 11) is 0. The van der Waals surface area contributed by atoms with Gasteiger partial charge in [0.1, 0.15) is 0 Å². The molecule has 106 valence electrons. The Bertz CT molecular complexity index is 426. The van der Waals surface area contributed by atoms with E-state index in [2.05, 4.69) is 0 Å². The number of carboxylic acids is 1. The van der Waals surface area contributed by atoms with E-state index in [1.165, 1.54) is 0 Å². The van der Waals surface area contributed by atoms with Gasteiger partial charge in [-0.2, -0.15) is 13.2 Å². The van der Waals surface area contributed by atoms with E-state index in [1.807, 2.05) is 0 Å². The third-order valence-electron chi connectivity index (χ3n) is 2.81. The molecule has 3 nitrogen and oxygen atoms in total. The third-order valence-corrected chi connectivity index (χ3v) is 2.81. The highest BCUT2D eigenvalue weighted by molar-refractivity contribution is 5.75. The van der Waals surface area contributed by atoms with E-state index in [4.69, 9.17) is 9.84 Å². The number of hydrogen-bond donors (Lipinski definition) is 1. The summed E-state index contributed by atoms with van der Waals surface area (Å²) < 4.78 is 41.4. The van der Waals surface area contributed by atoms with Crippen molar-refractivity contribution in [1.29, 1.82) is 0 Å². The Kier molecular flexibility index (Phi) is 4.94. The van der Waals surface area contributed by atoms with Gasteiger partial charge in [0.25, 0.3) is 0 Å². The zero-order chi connectivity index (χ0) is 14.6. The van der Waals surface area contributed by atoms with Gasteiger partial charge in [-0.05, 0) is 25.0 Å². The lowest BCUT2D eigenvalue weighted by molar-refractivity contribution is -0.217. The Morgan fingerprint density at radius 3 is 2.21 bits per heavy atom. The molecule has 1 aromatic carbocycles. The maximum Gasteiger partial charge on any atom is 0.414 e. The summed E-state index contributed by atoms with van der Waals surface area (Å²) in [4.78, 5) is 10.8. The van der Waals surface area contributed by atoms with Crippen LogP contribution in [0.3, 0.4) is 0 Å². The molecule has 1 rings (SSSR count). The number of rotatable bonds is 5. The van der Waals surface area contributed by atoms with E-state index in [1.54, 1.807) is 31.2 Å². The second kappa shape index (κ2) is 6.06. The molecule has 19 heavy (non-hydrogen) atoms. The number of ether oxygens (including phenoxy) is 1. The van der Waals surface area contributed by atoms with Crippen molar-refractivity contribution in [3.8, 4) is 0 Å². The van der Waals surface area contributed by atoms with Gasteiger partial charge in [-0.15, -0.1) is 0 Å². The molecule has 1 N–H and O–H groups in total. The van der Waals surface area contributed by atoms with Gasteiger partial charge in [0, 0.05) is 0 Å². The molecule has 0 bridgehead atoms. The van der Waals surface area contributed by atoms with Crippen LogP contribution in [0, 0.1) is 0 Å². The Hall–Kier alpha value is -1.56. The van der Waals surface area contributed by atoms with E-state index in [0.29, 0.717) is 11.1 Å². The molecule has 2 unspecified atom stereocenters. The number of carbonyl (C=O) groups is 1. The van der Waals surface area contributed by atoms with Crippen molar-refractivity contribution in [2.24, 2.45) is 0 Å². The van der Waals surface area contributed by atoms with Gasteiger partial charge < -0.3 is 9.84 Å². The predicted molar refractivity (Wildman–Crippen MR) is 62.8 cm³/mol. The molecule has 0 saturated heterocycles. The number of alkyl halides is 3. The summed E-state index contributed by atoms with van der Waals surface area (Å²) in [5.41, 5.74) is 1.16. The van der Waals surface area contributed by atoms with Gasteiger partial charge in [0.05, 0.1) is 12.5 Å². The molecule has 0 amide bonds. The standard InChI is InChI=1S/C13H15F3O3/c1-8(12(17)18)11-5-3-10(4-6-11)7-19-9(2)13(14,15)16/h3-6,8-9H,7H2,1-2H3,(H,17,18). The number of hydrogen-bond acceptors (Lipinski definition) is 2. The molecule has 0 aliphatic rings. The minimum atomic E-state index is -4.38. The predicted octanol–water partition coefficient (Wildman–Crippen LogP) is 3.34. The molecule has 0 heterocycles. The molecular formula is C13H15F3O3. The van der Waals surface area contributed by atoms with Gasteiger partial charge in [-0.3, -0.25) is 4.79 Å². The number of halogens is 3. The van der Waals surface area contributed by atoms with Crippen LogP contribution >= 0.6 is 0 Å². The van der Waals surface area contributed by atoms with Gasteiger partial charge in [0.2, 0.25) is 0 Å². The van der Waals surface area contributed by atoms with Gasteiger partial charge >= 0.3 is 12.1 Å². The molecule has 0 fully saturated rings. The van der Waals surface area contributed by atoms with E-state index >= 15 is 0 Å². The first kappa shape index (κ1) is 15.5. The Morgan fingerprint density at radius 1 is 1.26 bits per heavy atom. The van der Waals surface area contributed by atoms with Crippen molar-refractivity contribution in [3.63, 3.8) is 0 Å². The molecule has 0 radical (unpaired) electrons. The van der Waals surface area contributed by atoms with Crippen LogP contribution in [0.5, 0.6) is 0 Å². The van der Waals surface area contributed by atoms with Crippen LogP contribution in [0.4, 0.5) is 13.2 Å². The fourth-order valence-corrected chi connectivity index (χ4v) is 1.36. The minimum absolute atomic E-state index is 0.164. The number of aliphatic carboxylic acids is 1. The van der Waals surface area contributed by atoms with Crippen LogP contribution in [-0.4, -0.2) is 23.4 Å². The summed E-state index contributed by atoms with van der Waals surface area (Å²) in [6.07, 6.45) is -6.21. The summed E-state index contributed by atoms with van der Waals surface area (Å²) in [5, 5.41) is 8.82. The van der Waals surface area contributed by atoms with Crippen LogP contribution in [0.25, 0.3) is 0 Å². The second-order valence-electron chi connectivity index (χ2n) is 4.30. The fraction of sp³-hybridized carbons (Fsp3) is 0.462. The summed E-state index contributed by atoms with van der Waals surface area (Å²) in [5.74, 6) is -1.60. The van der Waals surface area contributed by atoms with E-state index in [0.717, 1.165) is 6.92 Å². The highest BCUT2D eigenvalue weighted by atomic mass is 19.4. The van der Waals surface area contributed by atoms with Crippen LogP contribution in [0.2, 0.25) is 0 Å². The first-order chi connectivity index (χ1) is 8.71. The molecule has 0 aliphatic heterocycles. The van der Waals surface area contributed by atoms with Crippen LogP contribution in [-0.2, 0) is 16.1 Å². The summed E-state index contributed by atoms with van der Waals surface area (Å²) in [6.45, 7) is 2.32. The quantitative estimate of drug-likeness (QED) is 0.897. The molecule has 0 aliphatic carbocycles. The summed E-state index contributed by atoms with van der Waals surface area (Å²) in [6, 6.07) is 6.29. The normalized spacial score (nSPS) is 15.0. The van der Waals surface area contributed by atoms with Crippen molar-refractivity contribution in [2.75, 3.05) is 0 Å². The van der Waals surface area contributed by atoms with Gasteiger partial charge in [0.15, 0.2) is 6.10 Å². The van der Waals surface area contributed by atoms with Crippen molar-refractivity contribution in [2.45, 2.75) is 38.7 Å². The lowest BCUT2D eigenvalue weighted by atomic mass is 10.0. The van der Waals surface area contributed by atoms with Crippen molar-refractivity contribution >= 4 is 5.97 Å². The zero-order valence-corrected chi connectivity index (χ0v) is 10.6. The fourth-order valence-electron chi connectivity index (χ4n) is 1.36. The molecule has 0 spiro atoms. The Labute approximate surface area is 109 Å². The van der Waals surface area contributed by atoms with E-state index < -0.39 is 24.2 Å². The van der Waals surface area contributed by atoms with E-state index in [-0.39, 0.29) is 6.61 Å². The second-order valence-corrected chi connectivity index (χ2v) is 4.30. The zero-order valence-electron chi connectivity index (χ0n) is 10.6. The molecule has 6 heteroatoms. The molecular weight excluding hydrogens is 261 g/mol. The largest absolute Gasteiger partial charge is 0.481 e. The maximum atomic E-state index is 12.2. The van der Waals surface area contributed by atoms with Crippen molar-refractivity contribution < 1.29 is 27.8 Å². The minimum Gasteiger partial charge on any atom is -0.481 e. The average Bonchev–Trinajstić information content (AvgIpc) is 2.34. The van der Waals surface area contributed by atoms with Crippen LogP contribution < -0.4 is 0 Å². The first-order valence-corrected chi connectivity index (χ1v) is 5.71. The smallest absolute Gasteiger partial charge is 0.414 e. The topological polar surface area (TPSA) is 46.5 Å². The third kappa shape index (κ3) is 4.55. The van der Waals surface area contributed by atoms with E-state index in [9.17, 15) is 18.0 Å². The van der Waals surface area contributed by atoms with Gasteiger partial charge in [-0.1, -0.05) is 24.3 Å². The maximum absolute atomic E-state index is 12.2. The monoisotopic (exact) mass is 276 g/mol. The van der Waals surface area contributed by atoms with Crippen LogP contribution in [0.1, 0.15) is 30.9 Å². The molecule has 0 saturated carbocycles.